The molecular weight excluding hydrogens is 240 g/mol. The Morgan fingerprint density at radius 1 is 1.11 bits per heavy atom. The molecule has 0 aromatic carbocycles. The molecule has 0 aromatic rings. The summed E-state index contributed by atoms with van der Waals surface area (Å²) in [6, 6.07) is 0. The standard InChI is InChI=1S/C15H32N2O2/c1-6-10-16-15(4,14(18)19-5)9-13-17(11-7-2)12-8-3/h16H,6-13H2,1-5H3. The summed E-state index contributed by atoms with van der Waals surface area (Å²) in [5.41, 5.74) is -0.565. The maximum absolute atomic E-state index is 12.0. The molecule has 19 heavy (non-hydrogen) atoms. The molecule has 0 saturated heterocycles. The molecule has 1 unspecified atom stereocenters. The van der Waals surface area contributed by atoms with E-state index in [0.29, 0.717) is 0 Å². The van der Waals surface area contributed by atoms with E-state index in [2.05, 4.69) is 31.0 Å². The third-order valence-corrected chi connectivity index (χ3v) is 3.41. The lowest BCUT2D eigenvalue weighted by Gasteiger charge is -2.31. The van der Waals surface area contributed by atoms with E-state index in [9.17, 15) is 4.79 Å². The van der Waals surface area contributed by atoms with Crippen molar-refractivity contribution in [2.45, 2.75) is 58.9 Å². The van der Waals surface area contributed by atoms with Crippen molar-refractivity contribution in [3.63, 3.8) is 0 Å². The van der Waals surface area contributed by atoms with E-state index in [1.165, 1.54) is 7.11 Å². The summed E-state index contributed by atoms with van der Waals surface area (Å²) < 4.78 is 4.94. The minimum Gasteiger partial charge on any atom is -0.468 e. The topological polar surface area (TPSA) is 41.6 Å². The van der Waals surface area contributed by atoms with Crippen LogP contribution in [-0.4, -0.2) is 49.7 Å². The largest absolute Gasteiger partial charge is 0.468 e. The summed E-state index contributed by atoms with van der Waals surface area (Å²) in [5, 5.41) is 3.33. The van der Waals surface area contributed by atoms with Gasteiger partial charge < -0.3 is 15.0 Å². The monoisotopic (exact) mass is 272 g/mol. The van der Waals surface area contributed by atoms with Crippen LogP contribution in [0.2, 0.25) is 0 Å². The van der Waals surface area contributed by atoms with Gasteiger partial charge in [0.15, 0.2) is 0 Å². The molecule has 0 bridgehead atoms. The van der Waals surface area contributed by atoms with Crippen molar-refractivity contribution < 1.29 is 9.53 Å². The number of ether oxygens (including phenoxy) is 1. The van der Waals surface area contributed by atoms with E-state index in [1.807, 2.05) is 6.92 Å². The predicted molar refractivity (Wildman–Crippen MR) is 80.4 cm³/mol. The molecular formula is C15H32N2O2. The molecule has 0 rings (SSSR count). The van der Waals surface area contributed by atoms with Gasteiger partial charge in [-0.15, -0.1) is 0 Å². The lowest BCUT2D eigenvalue weighted by molar-refractivity contribution is -0.148. The van der Waals surface area contributed by atoms with Crippen molar-refractivity contribution in [2.24, 2.45) is 0 Å². The second-order valence-electron chi connectivity index (χ2n) is 5.34. The van der Waals surface area contributed by atoms with Crippen molar-refractivity contribution >= 4 is 5.97 Å². The van der Waals surface area contributed by atoms with Gasteiger partial charge in [0.2, 0.25) is 0 Å². The Bertz CT molecular complexity index is 240. The van der Waals surface area contributed by atoms with Crippen LogP contribution in [0.5, 0.6) is 0 Å². The molecule has 114 valence electrons. The molecule has 0 aliphatic heterocycles. The third kappa shape index (κ3) is 6.92. The van der Waals surface area contributed by atoms with Crippen LogP contribution in [0.3, 0.4) is 0 Å². The Kier molecular flexibility index (Phi) is 9.88. The second-order valence-corrected chi connectivity index (χ2v) is 5.34. The quantitative estimate of drug-likeness (QED) is 0.587. The Morgan fingerprint density at radius 2 is 1.68 bits per heavy atom. The summed E-state index contributed by atoms with van der Waals surface area (Å²) in [6.07, 6.45) is 4.11. The van der Waals surface area contributed by atoms with Crippen molar-refractivity contribution in [1.82, 2.24) is 10.2 Å². The van der Waals surface area contributed by atoms with Crippen LogP contribution in [0.1, 0.15) is 53.4 Å². The van der Waals surface area contributed by atoms with E-state index in [-0.39, 0.29) is 5.97 Å². The fraction of sp³-hybridized carbons (Fsp3) is 0.933. The highest BCUT2D eigenvalue weighted by Crippen LogP contribution is 2.13. The van der Waals surface area contributed by atoms with Gasteiger partial charge in [-0.3, -0.25) is 4.79 Å². The van der Waals surface area contributed by atoms with E-state index in [4.69, 9.17) is 4.74 Å². The summed E-state index contributed by atoms with van der Waals surface area (Å²) in [7, 11) is 1.46. The molecule has 1 N–H and O–H groups in total. The summed E-state index contributed by atoms with van der Waals surface area (Å²) in [5.74, 6) is -0.158. The molecule has 0 aliphatic rings. The fourth-order valence-electron chi connectivity index (χ4n) is 2.24. The molecule has 0 heterocycles. The van der Waals surface area contributed by atoms with E-state index in [0.717, 1.165) is 51.9 Å². The number of hydrogen-bond acceptors (Lipinski definition) is 4. The fourth-order valence-corrected chi connectivity index (χ4v) is 2.24. The zero-order valence-electron chi connectivity index (χ0n) is 13.4. The second kappa shape index (κ2) is 10.2. The van der Waals surface area contributed by atoms with Crippen LogP contribution in [0, 0.1) is 0 Å². The summed E-state index contributed by atoms with van der Waals surface area (Å²) >= 11 is 0. The Morgan fingerprint density at radius 3 is 2.11 bits per heavy atom. The van der Waals surface area contributed by atoms with Gasteiger partial charge in [-0.25, -0.2) is 0 Å². The van der Waals surface area contributed by atoms with Gasteiger partial charge in [-0.2, -0.15) is 0 Å². The Hall–Kier alpha value is -0.610. The molecule has 0 amide bonds. The maximum atomic E-state index is 12.0. The van der Waals surface area contributed by atoms with Crippen LogP contribution < -0.4 is 5.32 Å². The molecule has 0 spiro atoms. The molecule has 0 saturated carbocycles. The predicted octanol–water partition coefficient (Wildman–Crippen LogP) is 2.43. The lowest BCUT2D eigenvalue weighted by Crippen LogP contribution is -2.52. The SMILES string of the molecule is CCCNC(C)(CCN(CCC)CCC)C(=O)OC. The van der Waals surface area contributed by atoms with Crippen LogP contribution >= 0.6 is 0 Å². The van der Waals surface area contributed by atoms with Gasteiger partial charge in [0.25, 0.3) is 0 Å². The maximum Gasteiger partial charge on any atom is 0.325 e. The average molecular weight is 272 g/mol. The first-order valence-corrected chi connectivity index (χ1v) is 7.59. The number of nitrogens with one attached hydrogen (secondary N) is 1. The van der Waals surface area contributed by atoms with Crippen LogP contribution in [-0.2, 0) is 9.53 Å². The van der Waals surface area contributed by atoms with Gasteiger partial charge >= 0.3 is 5.97 Å². The van der Waals surface area contributed by atoms with E-state index < -0.39 is 5.54 Å². The average Bonchev–Trinajstić information content (AvgIpc) is 2.42. The third-order valence-electron chi connectivity index (χ3n) is 3.41. The molecule has 1 atom stereocenters. The van der Waals surface area contributed by atoms with Crippen molar-refractivity contribution in [2.75, 3.05) is 33.3 Å². The Balaban J connectivity index is 4.49. The summed E-state index contributed by atoms with van der Waals surface area (Å²) in [6.45, 7) is 12.4. The first kappa shape index (κ1) is 18.4. The number of rotatable bonds is 11. The molecule has 0 aliphatic carbocycles. The Labute approximate surface area is 118 Å². The minimum absolute atomic E-state index is 0.158. The van der Waals surface area contributed by atoms with E-state index in [1.54, 1.807) is 0 Å². The molecule has 0 aromatic heterocycles. The number of methoxy groups -OCH3 is 1. The first-order chi connectivity index (χ1) is 9.03. The van der Waals surface area contributed by atoms with Gasteiger partial charge in [-0.05, 0) is 52.2 Å². The van der Waals surface area contributed by atoms with Crippen LogP contribution in [0.25, 0.3) is 0 Å². The van der Waals surface area contributed by atoms with Gasteiger partial charge in [0.1, 0.15) is 5.54 Å². The molecule has 0 fully saturated rings. The number of esters is 1. The lowest BCUT2D eigenvalue weighted by atomic mass is 9.97. The first-order valence-electron chi connectivity index (χ1n) is 7.59. The normalized spacial score (nSPS) is 14.4. The summed E-state index contributed by atoms with van der Waals surface area (Å²) in [4.78, 5) is 14.4. The van der Waals surface area contributed by atoms with Gasteiger partial charge in [-0.1, -0.05) is 20.8 Å². The highest BCUT2D eigenvalue weighted by atomic mass is 16.5. The highest BCUT2D eigenvalue weighted by Gasteiger charge is 2.33. The van der Waals surface area contributed by atoms with Crippen LogP contribution in [0.15, 0.2) is 0 Å². The number of carbonyl (C=O) groups excluding carboxylic acids is 1. The zero-order chi connectivity index (χ0) is 14.7. The molecule has 4 heteroatoms. The molecule has 4 nitrogen and oxygen atoms in total. The number of carbonyl (C=O) groups is 1. The zero-order valence-corrected chi connectivity index (χ0v) is 13.4. The van der Waals surface area contributed by atoms with Crippen LogP contribution in [0.4, 0.5) is 0 Å². The van der Waals surface area contributed by atoms with Gasteiger partial charge in [0.05, 0.1) is 7.11 Å². The number of nitrogens with zero attached hydrogens (tertiary/aromatic N) is 1. The van der Waals surface area contributed by atoms with Gasteiger partial charge in [0, 0.05) is 6.54 Å². The smallest absolute Gasteiger partial charge is 0.325 e. The van der Waals surface area contributed by atoms with Crippen molar-refractivity contribution in [3.05, 3.63) is 0 Å². The molecule has 0 radical (unpaired) electrons. The van der Waals surface area contributed by atoms with Crippen molar-refractivity contribution in [1.29, 1.82) is 0 Å². The van der Waals surface area contributed by atoms with E-state index >= 15 is 0 Å². The highest BCUT2D eigenvalue weighted by molar-refractivity contribution is 5.80. The minimum atomic E-state index is -0.565. The number of hydrogen-bond donors (Lipinski definition) is 1. The van der Waals surface area contributed by atoms with Crippen molar-refractivity contribution in [3.8, 4) is 0 Å².